The third kappa shape index (κ3) is 5.07. The molecule has 0 radical (unpaired) electrons. The normalized spacial score (nSPS) is 11.9. The summed E-state index contributed by atoms with van der Waals surface area (Å²) in [6.07, 6.45) is 2.51. The van der Waals surface area contributed by atoms with Crippen molar-refractivity contribution >= 4 is 26.6 Å². The van der Waals surface area contributed by atoms with Gasteiger partial charge in [-0.2, -0.15) is 0 Å². The maximum atomic E-state index is 13.2. The number of nitrogens with zero attached hydrogens (tertiary/aromatic N) is 1. The molecule has 0 aliphatic heterocycles. The van der Waals surface area contributed by atoms with Crippen molar-refractivity contribution in [3.63, 3.8) is 0 Å². The lowest BCUT2D eigenvalue weighted by atomic mass is 10.1. The smallest absolute Gasteiger partial charge is 0.239 e. The van der Waals surface area contributed by atoms with Crippen LogP contribution in [0.4, 0.5) is 0 Å². The molecule has 0 aliphatic rings. The number of hydrogen-bond donors (Lipinski definition) is 1. The van der Waals surface area contributed by atoms with Crippen molar-refractivity contribution in [2.75, 3.05) is 6.54 Å². The van der Waals surface area contributed by atoms with Gasteiger partial charge in [-0.05, 0) is 36.5 Å². The Morgan fingerprint density at radius 2 is 1.76 bits per heavy atom. The van der Waals surface area contributed by atoms with Crippen LogP contribution in [0.5, 0.6) is 0 Å². The van der Waals surface area contributed by atoms with E-state index in [0.29, 0.717) is 17.8 Å². The van der Waals surface area contributed by atoms with Crippen LogP contribution in [0, 0.1) is 12.8 Å². The van der Waals surface area contributed by atoms with Gasteiger partial charge in [0.25, 0.3) is 0 Å². The average Bonchev–Trinajstić information content (AvgIpc) is 3.03. The number of rotatable bonds is 8. The highest BCUT2D eigenvalue weighted by atomic mass is 32.2. The van der Waals surface area contributed by atoms with Crippen LogP contribution in [0.2, 0.25) is 0 Å². The molecule has 0 unspecified atom stereocenters. The summed E-state index contributed by atoms with van der Waals surface area (Å²) in [6.45, 7) is 6.84. The van der Waals surface area contributed by atoms with E-state index in [9.17, 15) is 13.2 Å². The molecule has 0 fully saturated rings. The number of carbonyl (C=O) groups excluding carboxylic acids is 1. The Morgan fingerprint density at radius 1 is 1.07 bits per heavy atom. The molecule has 1 N–H and O–H groups in total. The van der Waals surface area contributed by atoms with Crippen LogP contribution in [-0.4, -0.2) is 25.4 Å². The first-order valence-electron chi connectivity index (χ1n) is 9.90. The standard InChI is InChI=1S/C23H28N2O3S/c1-17(2)12-13-24-23(26)15-25-14-22(20-10-6-7-11-21(20)25)29(27,28)16-19-9-5-4-8-18(19)3/h4-11,14,17H,12-13,15-16H2,1-3H3,(H,24,26). The van der Waals surface area contributed by atoms with E-state index in [2.05, 4.69) is 19.2 Å². The Hall–Kier alpha value is -2.60. The van der Waals surface area contributed by atoms with Crippen molar-refractivity contribution in [2.45, 2.75) is 44.4 Å². The summed E-state index contributed by atoms with van der Waals surface area (Å²) in [5, 5.41) is 3.56. The first kappa shape index (κ1) is 21.1. The highest BCUT2D eigenvalue weighted by Crippen LogP contribution is 2.28. The van der Waals surface area contributed by atoms with Crippen LogP contribution in [0.25, 0.3) is 10.9 Å². The predicted octanol–water partition coefficient (Wildman–Crippen LogP) is 4.09. The maximum absolute atomic E-state index is 13.2. The van der Waals surface area contributed by atoms with Crippen LogP contribution < -0.4 is 5.32 Å². The molecule has 154 valence electrons. The molecule has 0 aliphatic carbocycles. The van der Waals surface area contributed by atoms with E-state index < -0.39 is 9.84 Å². The molecule has 0 saturated carbocycles. The number of amides is 1. The van der Waals surface area contributed by atoms with Gasteiger partial charge in [-0.15, -0.1) is 0 Å². The third-order valence-corrected chi connectivity index (χ3v) is 6.74. The first-order chi connectivity index (χ1) is 13.8. The molecule has 1 amide bonds. The number of fused-ring (bicyclic) bond motifs is 1. The van der Waals surface area contributed by atoms with Crippen LogP contribution in [-0.2, 0) is 26.9 Å². The van der Waals surface area contributed by atoms with E-state index in [4.69, 9.17) is 0 Å². The predicted molar refractivity (Wildman–Crippen MR) is 116 cm³/mol. The second-order valence-corrected chi connectivity index (χ2v) is 9.81. The van der Waals surface area contributed by atoms with Gasteiger partial charge >= 0.3 is 0 Å². The molecule has 6 heteroatoms. The Labute approximate surface area is 172 Å². The molecule has 2 aromatic carbocycles. The van der Waals surface area contributed by atoms with Crippen molar-refractivity contribution in [3.05, 3.63) is 65.9 Å². The molecule has 3 aromatic rings. The number of para-hydroxylation sites is 1. The molecular formula is C23H28N2O3S. The Balaban J connectivity index is 1.89. The zero-order valence-electron chi connectivity index (χ0n) is 17.2. The number of hydrogen-bond acceptors (Lipinski definition) is 3. The van der Waals surface area contributed by atoms with E-state index in [0.717, 1.165) is 23.1 Å². The van der Waals surface area contributed by atoms with E-state index in [1.165, 1.54) is 0 Å². The Kier molecular flexibility index (Phi) is 6.42. The van der Waals surface area contributed by atoms with Gasteiger partial charge in [0.2, 0.25) is 5.91 Å². The van der Waals surface area contributed by atoms with Gasteiger partial charge in [0, 0.05) is 23.6 Å². The third-order valence-electron chi connectivity index (χ3n) is 5.05. The fourth-order valence-electron chi connectivity index (χ4n) is 3.36. The number of carbonyl (C=O) groups is 1. The largest absolute Gasteiger partial charge is 0.355 e. The van der Waals surface area contributed by atoms with Gasteiger partial charge in [-0.1, -0.05) is 56.3 Å². The number of nitrogens with one attached hydrogen (secondary N) is 1. The minimum absolute atomic E-state index is 0.0612. The summed E-state index contributed by atoms with van der Waals surface area (Å²) >= 11 is 0. The monoisotopic (exact) mass is 412 g/mol. The number of sulfone groups is 1. The van der Waals surface area contributed by atoms with E-state index >= 15 is 0 Å². The van der Waals surface area contributed by atoms with Crippen molar-refractivity contribution in [1.29, 1.82) is 0 Å². The highest BCUT2D eigenvalue weighted by molar-refractivity contribution is 7.90. The fraction of sp³-hybridized carbons (Fsp3) is 0.348. The van der Waals surface area contributed by atoms with Crippen molar-refractivity contribution < 1.29 is 13.2 Å². The summed E-state index contributed by atoms with van der Waals surface area (Å²) in [6, 6.07) is 14.8. The molecule has 0 atom stereocenters. The van der Waals surface area contributed by atoms with E-state index in [-0.39, 0.29) is 23.1 Å². The molecule has 1 heterocycles. The summed E-state index contributed by atoms with van der Waals surface area (Å²) in [7, 11) is -3.56. The van der Waals surface area contributed by atoms with Gasteiger partial charge in [-0.3, -0.25) is 4.79 Å². The second kappa shape index (κ2) is 8.82. The zero-order chi connectivity index (χ0) is 21.0. The summed E-state index contributed by atoms with van der Waals surface area (Å²) in [5.74, 6) is 0.337. The van der Waals surface area contributed by atoms with Gasteiger partial charge in [0.15, 0.2) is 9.84 Å². The molecule has 0 saturated heterocycles. The minimum atomic E-state index is -3.56. The lowest BCUT2D eigenvalue weighted by Crippen LogP contribution is -2.28. The second-order valence-electron chi connectivity index (χ2n) is 7.86. The van der Waals surface area contributed by atoms with Crippen LogP contribution in [0.15, 0.2) is 59.6 Å². The lowest BCUT2D eigenvalue weighted by molar-refractivity contribution is -0.121. The van der Waals surface area contributed by atoms with Crippen LogP contribution in [0.1, 0.15) is 31.4 Å². The van der Waals surface area contributed by atoms with Crippen LogP contribution in [0.3, 0.4) is 0 Å². The Morgan fingerprint density at radius 3 is 2.48 bits per heavy atom. The maximum Gasteiger partial charge on any atom is 0.239 e. The topological polar surface area (TPSA) is 68.2 Å². The molecule has 29 heavy (non-hydrogen) atoms. The molecule has 0 bridgehead atoms. The first-order valence-corrected chi connectivity index (χ1v) is 11.5. The number of aromatic nitrogens is 1. The van der Waals surface area contributed by atoms with Crippen molar-refractivity contribution in [3.8, 4) is 0 Å². The zero-order valence-corrected chi connectivity index (χ0v) is 18.0. The quantitative estimate of drug-likeness (QED) is 0.606. The average molecular weight is 413 g/mol. The number of aryl methyl sites for hydroxylation is 1. The van der Waals surface area contributed by atoms with E-state index in [1.807, 2.05) is 49.4 Å². The van der Waals surface area contributed by atoms with E-state index in [1.54, 1.807) is 16.8 Å². The molecule has 5 nitrogen and oxygen atoms in total. The molecular weight excluding hydrogens is 384 g/mol. The molecule has 1 aromatic heterocycles. The fourth-order valence-corrected chi connectivity index (χ4v) is 5.04. The summed E-state index contributed by atoms with van der Waals surface area (Å²) in [4.78, 5) is 12.6. The van der Waals surface area contributed by atoms with Crippen molar-refractivity contribution in [2.24, 2.45) is 5.92 Å². The number of benzene rings is 2. The van der Waals surface area contributed by atoms with Gasteiger partial charge in [0.1, 0.15) is 6.54 Å². The lowest BCUT2D eigenvalue weighted by Gasteiger charge is -2.08. The molecule has 0 spiro atoms. The molecule has 3 rings (SSSR count). The summed E-state index contributed by atoms with van der Waals surface area (Å²) < 4.78 is 28.1. The minimum Gasteiger partial charge on any atom is -0.355 e. The van der Waals surface area contributed by atoms with Crippen molar-refractivity contribution in [1.82, 2.24) is 9.88 Å². The Bertz CT molecular complexity index is 1110. The summed E-state index contributed by atoms with van der Waals surface area (Å²) in [5.41, 5.74) is 2.48. The van der Waals surface area contributed by atoms with Gasteiger partial charge in [-0.25, -0.2) is 8.42 Å². The van der Waals surface area contributed by atoms with Gasteiger partial charge in [0.05, 0.1) is 10.6 Å². The van der Waals surface area contributed by atoms with Crippen LogP contribution >= 0.6 is 0 Å². The van der Waals surface area contributed by atoms with Gasteiger partial charge < -0.3 is 9.88 Å². The SMILES string of the molecule is Cc1ccccc1CS(=O)(=O)c1cn(CC(=O)NCCC(C)C)c2ccccc12. The highest BCUT2D eigenvalue weighted by Gasteiger charge is 2.23.